The van der Waals surface area contributed by atoms with Gasteiger partial charge in [-0.25, -0.2) is 4.98 Å². The Hall–Kier alpha value is -2.85. The van der Waals surface area contributed by atoms with Crippen LogP contribution in [0.3, 0.4) is 0 Å². The molecule has 2 atom stereocenters. The van der Waals surface area contributed by atoms with E-state index in [4.69, 9.17) is 9.72 Å². The molecule has 0 spiro atoms. The van der Waals surface area contributed by atoms with Gasteiger partial charge in [0.1, 0.15) is 29.1 Å². The van der Waals surface area contributed by atoms with Gasteiger partial charge in [0.15, 0.2) is 0 Å². The molecule has 3 aliphatic heterocycles. The smallest absolute Gasteiger partial charge is 0.141 e. The number of methoxy groups -OCH3 is 1. The zero-order chi connectivity index (χ0) is 17.2. The average molecular weight is 336 g/mol. The summed E-state index contributed by atoms with van der Waals surface area (Å²) in [6.07, 6.45) is 4.72. The van der Waals surface area contributed by atoms with Crippen LogP contribution >= 0.6 is 0 Å². The molecule has 7 heteroatoms. The van der Waals surface area contributed by atoms with Gasteiger partial charge in [-0.15, -0.1) is 0 Å². The first-order valence-electron chi connectivity index (χ1n) is 8.43. The third kappa shape index (κ3) is 2.96. The van der Waals surface area contributed by atoms with Crippen LogP contribution in [0.15, 0.2) is 46.8 Å². The fraction of sp³-hybridized carbons (Fsp3) is 0.389. The van der Waals surface area contributed by atoms with Crippen LogP contribution in [0.25, 0.3) is 0 Å². The van der Waals surface area contributed by atoms with Gasteiger partial charge in [-0.1, -0.05) is 6.07 Å². The maximum absolute atomic E-state index is 9.34. The van der Waals surface area contributed by atoms with E-state index in [1.807, 2.05) is 29.2 Å². The molecule has 0 amide bonds. The number of fused-ring (bicyclic) bond motifs is 1. The minimum absolute atomic E-state index is 0.00328. The lowest BCUT2D eigenvalue weighted by molar-refractivity contribution is 0.298. The first kappa shape index (κ1) is 15.7. The molecule has 7 nitrogen and oxygen atoms in total. The third-order valence-corrected chi connectivity index (χ3v) is 4.69. The summed E-state index contributed by atoms with van der Waals surface area (Å²) >= 11 is 0. The molecule has 2 N–H and O–H groups in total. The second-order valence-corrected chi connectivity index (χ2v) is 6.27. The Kier molecular flexibility index (Phi) is 4.12. The molecule has 1 aromatic rings. The lowest BCUT2D eigenvalue weighted by atomic mass is 10.1. The van der Waals surface area contributed by atoms with E-state index in [0.717, 1.165) is 36.9 Å². The molecule has 4 heterocycles. The van der Waals surface area contributed by atoms with Gasteiger partial charge < -0.3 is 20.3 Å². The van der Waals surface area contributed by atoms with Crippen LogP contribution in [-0.4, -0.2) is 48.5 Å². The molecule has 0 bridgehead atoms. The fourth-order valence-corrected chi connectivity index (χ4v) is 3.38. The second-order valence-electron chi connectivity index (χ2n) is 6.27. The van der Waals surface area contributed by atoms with Crippen molar-refractivity contribution in [3.05, 3.63) is 47.5 Å². The van der Waals surface area contributed by atoms with Crippen molar-refractivity contribution >= 4 is 11.7 Å². The molecule has 128 valence electrons. The van der Waals surface area contributed by atoms with Crippen LogP contribution in [0.2, 0.25) is 0 Å². The number of nitriles is 1. The molecule has 0 radical (unpaired) electrons. The van der Waals surface area contributed by atoms with Crippen molar-refractivity contribution in [1.82, 2.24) is 15.2 Å². The second kappa shape index (κ2) is 6.57. The summed E-state index contributed by atoms with van der Waals surface area (Å²) in [6, 6.07) is 8.62. The van der Waals surface area contributed by atoms with Crippen LogP contribution < -0.4 is 10.6 Å². The van der Waals surface area contributed by atoms with E-state index in [1.165, 1.54) is 0 Å². The SMILES string of the molecule is COC1=CC2=NCC(c3cccc(NC4CCNC4)n3)N2C=C1C#N. The molecule has 1 aromatic heterocycles. The monoisotopic (exact) mass is 336 g/mol. The summed E-state index contributed by atoms with van der Waals surface area (Å²) < 4.78 is 5.27. The highest BCUT2D eigenvalue weighted by atomic mass is 16.5. The number of anilines is 1. The maximum atomic E-state index is 9.34. The Morgan fingerprint density at radius 1 is 1.44 bits per heavy atom. The van der Waals surface area contributed by atoms with Crippen molar-refractivity contribution in [1.29, 1.82) is 5.26 Å². The van der Waals surface area contributed by atoms with E-state index in [0.29, 0.717) is 23.9 Å². The summed E-state index contributed by atoms with van der Waals surface area (Å²) in [4.78, 5) is 11.4. The average Bonchev–Trinajstić information content (AvgIpc) is 3.29. The summed E-state index contributed by atoms with van der Waals surface area (Å²) in [7, 11) is 1.56. The summed E-state index contributed by atoms with van der Waals surface area (Å²) in [6.45, 7) is 2.62. The molecule has 0 saturated carbocycles. The Morgan fingerprint density at radius 3 is 3.12 bits per heavy atom. The van der Waals surface area contributed by atoms with E-state index in [2.05, 4.69) is 21.7 Å². The normalized spacial score (nSPS) is 24.8. The standard InChI is InChI=1S/C18H20N6O/c1-25-16-7-18-21-10-15(24(18)11-12(16)8-19)14-3-2-4-17(23-14)22-13-5-6-20-9-13/h2-4,7,11,13,15,20H,5-6,9-10H2,1H3,(H,22,23). The van der Waals surface area contributed by atoms with Crippen molar-refractivity contribution in [3.8, 4) is 6.07 Å². The molecule has 0 aliphatic carbocycles. The predicted octanol–water partition coefficient (Wildman–Crippen LogP) is 1.56. The maximum Gasteiger partial charge on any atom is 0.141 e. The van der Waals surface area contributed by atoms with Gasteiger partial charge >= 0.3 is 0 Å². The quantitative estimate of drug-likeness (QED) is 0.868. The van der Waals surface area contributed by atoms with Crippen molar-refractivity contribution in [2.75, 3.05) is 32.1 Å². The van der Waals surface area contributed by atoms with Crippen LogP contribution in [-0.2, 0) is 4.74 Å². The van der Waals surface area contributed by atoms with Gasteiger partial charge in [0.05, 0.1) is 25.4 Å². The van der Waals surface area contributed by atoms with E-state index < -0.39 is 0 Å². The van der Waals surface area contributed by atoms with Crippen molar-refractivity contribution < 1.29 is 4.74 Å². The molecule has 2 unspecified atom stereocenters. The number of rotatable bonds is 4. The fourth-order valence-electron chi connectivity index (χ4n) is 3.38. The summed E-state index contributed by atoms with van der Waals surface area (Å²) in [5.74, 6) is 2.24. The molecular weight excluding hydrogens is 316 g/mol. The number of amidine groups is 1. The number of ether oxygens (including phenoxy) is 1. The van der Waals surface area contributed by atoms with Crippen molar-refractivity contribution in [3.63, 3.8) is 0 Å². The molecular formula is C18H20N6O. The molecule has 0 aromatic carbocycles. The molecule has 1 fully saturated rings. The van der Waals surface area contributed by atoms with E-state index in [9.17, 15) is 5.26 Å². The number of pyridine rings is 1. The predicted molar refractivity (Wildman–Crippen MR) is 94.8 cm³/mol. The first-order valence-corrected chi connectivity index (χ1v) is 8.43. The zero-order valence-corrected chi connectivity index (χ0v) is 14.1. The Labute approximate surface area is 146 Å². The lowest BCUT2D eigenvalue weighted by Gasteiger charge is -2.26. The summed E-state index contributed by atoms with van der Waals surface area (Å²) in [5, 5.41) is 16.2. The van der Waals surface area contributed by atoms with Crippen LogP contribution in [0, 0.1) is 11.3 Å². The highest BCUT2D eigenvalue weighted by Gasteiger charge is 2.32. The highest BCUT2D eigenvalue weighted by Crippen LogP contribution is 2.32. The molecule has 3 aliphatic rings. The van der Waals surface area contributed by atoms with Crippen LogP contribution in [0.5, 0.6) is 0 Å². The Morgan fingerprint density at radius 2 is 2.36 bits per heavy atom. The largest absolute Gasteiger partial charge is 0.495 e. The number of nitrogens with one attached hydrogen (secondary N) is 2. The highest BCUT2D eigenvalue weighted by molar-refractivity contribution is 5.97. The number of aliphatic imine (C=N–C) groups is 1. The lowest BCUT2D eigenvalue weighted by Crippen LogP contribution is -2.29. The van der Waals surface area contributed by atoms with Gasteiger partial charge in [0, 0.05) is 24.9 Å². The first-order chi connectivity index (χ1) is 12.3. The van der Waals surface area contributed by atoms with Gasteiger partial charge in [0.2, 0.25) is 0 Å². The Balaban J connectivity index is 1.56. The third-order valence-electron chi connectivity index (χ3n) is 4.69. The number of hydrogen-bond donors (Lipinski definition) is 2. The van der Waals surface area contributed by atoms with Crippen LogP contribution in [0.4, 0.5) is 5.82 Å². The minimum atomic E-state index is -0.00328. The topological polar surface area (TPSA) is 85.6 Å². The van der Waals surface area contributed by atoms with Gasteiger partial charge in [-0.3, -0.25) is 4.99 Å². The Bertz CT molecular complexity index is 800. The van der Waals surface area contributed by atoms with Gasteiger partial charge in [0.25, 0.3) is 0 Å². The van der Waals surface area contributed by atoms with Crippen molar-refractivity contribution in [2.24, 2.45) is 4.99 Å². The van der Waals surface area contributed by atoms with E-state index in [-0.39, 0.29) is 6.04 Å². The number of allylic oxidation sites excluding steroid dienone is 1. The van der Waals surface area contributed by atoms with Gasteiger partial charge in [-0.05, 0) is 25.1 Å². The molecule has 4 rings (SSSR count). The summed E-state index contributed by atoms with van der Waals surface area (Å²) in [5.41, 5.74) is 1.44. The van der Waals surface area contributed by atoms with Crippen molar-refractivity contribution in [2.45, 2.75) is 18.5 Å². The molecule has 1 saturated heterocycles. The zero-order valence-electron chi connectivity index (χ0n) is 14.1. The van der Waals surface area contributed by atoms with E-state index in [1.54, 1.807) is 13.3 Å². The number of aromatic nitrogens is 1. The number of hydrogen-bond acceptors (Lipinski definition) is 7. The minimum Gasteiger partial charge on any atom is -0.495 e. The number of nitrogens with zero attached hydrogens (tertiary/aromatic N) is 4. The van der Waals surface area contributed by atoms with Crippen LogP contribution in [0.1, 0.15) is 18.2 Å². The molecule has 25 heavy (non-hydrogen) atoms. The van der Waals surface area contributed by atoms with E-state index >= 15 is 0 Å². The van der Waals surface area contributed by atoms with Gasteiger partial charge in [-0.2, -0.15) is 5.26 Å².